The Labute approximate surface area is 230 Å². The Morgan fingerprint density at radius 2 is 2.10 bits per heavy atom. The van der Waals surface area contributed by atoms with Gasteiger partial charge in [0.15, 0.2) is 29.3 Å². The second kappa shape index (κ2) is 10.7. The summed E-state index contributed by atoms with van der Waals surface area (Å²) in [5.41, 5.74) is 4.92. The monoisotopic (exact) mass is 546 g/mol. The summed E-state index contributed by atoms with van der Waals surface area (Å²) in [7, 11) is 1.56. The van der Waals surface area contributed by atoms with Crippen LogP contribution in [0.25, 0.3) is 16.8 Å². The molecule has 6 rings (SSSR count). The van der Waals surface area contributed by atoms with Crippen LogP contribution in [0.4, 0.5) is 4.39 Å². The van der Waals surface area contributed by atoms with Crippen molar-refractivity contribution in [3.8, 4) is 28.9 Å². The number of aliphatic hydroxyl groups is 1. The summed E-state index contributed by atoms with van der Waals surface area (Å²) in [6.45, 7) is 5.28. The third kappa shape index (κ3) is 4.82. The molecular weight excluding hydrogens is 515 g/mol. The molecule has 0 amide bonds. The molecule has 40 heavy (non-hydrogen) atoms. The van der Waals surface area contributed by atoms with E-state index in [1.807, 2.05) is 18.5 Å². The maximum Gasteiger partial charge on any atom is 0.176 e. The number of rotatable bonds is 9. The van der Waals surface area contributed by atoms with E-state index in [1.54, 1.807) is 17.8 Å². The molecule has 1 saturated carbocycles. The van der Waals surface area contributed by atoms with Crippen molar-refractivity contribution >= 4 is 5.52 Å². The van der Waals surface area contributed by atoms with Gasteiger partial charge in [-0.05, 0) is 49.4 Å². The number of hydrogen-bond acceptors (Lipinski definition) is 9. The number of pyridine rings is 2. The molecule has 208 valence electrons. The predicted octanol–water partition coefficient (Wildman–Crippen LogP) is 2.83. The summed E-state index contributed by atoms with van der Waals surface area (Å²) in [6, 6.07) is 4.97. The van der Waals surface area contributed by atoms with E-state index in [9.17, 15) is 9.50 Å². The number of methoxy groups -OCH3 is 1. The van der Waals surface area contributed by atoms with Crippen LogP contribution in [-0.2, 0) is 13.1 Å². The van der Waals surface area contributed by atoms with Crippen molar-refractivity contribution in [1.29, 1.82) is 5.26 Å². The fraction of sp³-hybridized carbons (Fsp3) is 0.429. The van der Waals surface area contributed by atoms with Crippen molar-refractivity contribution in [2.24, 2.45) is 5.92 Å². The number of aromatic nitrogens is 5. The normalized spacial score (nSPS) is 19.5. The Hall–Kier alpha value is -4.21. The minimum Gasteiger partial charge on any atom is -0.493 e. The van der Waals surface area contributed by atoms with Crippen molar-refractivity contribution in [3.05, 3.63) is 59.6 Å². The van der Waals surface area contributed by atoms with Crippen LogP contribution in [0.15, 0.2) is 36.8 Å². The lowest BCUT2D eigenvalue weighted by molar-refractivity contribution is 0.114. The molecule has 1 atom stereocenters. The molecule has 1 aliphatic heterocycles. The number of nitrogens with zero attached hydrogens (tertiary/aromatic N) is 7. The van der Waals surface area contributed by atoms with Crippen LogP contribution in [0.3, 0.4) is 0 Å². The summed E-state index contributed by atoms with van der Waals surface area (Å²) in [5.74, 6) is 1.10. The highest BCUT2D eigenvalue weighted by Gasteiger charge is 2.32. The summed E-state index contributed by atoms with van der Waals surface area (Å²) in [5, 5.41) is 31.2. The van der Waals surface area contributed by atoms with Gasteiger partial charge in [0.1, 0.15) is 5.82 Å². The standard InChI is InChI=1S/C28H31FN8O3/c1-17-23-14-35(12-18-7-21(8-18)32-16-30)5-6-36(23)34-27(17)19-9-24(28-25(39-2)11-33-37(28)13-19)40-26(15-38)22-4-3-20(29)10-31-22/h3-4,9-11,13,18,21,26,32,38H,5-8,12,14-15H2,1-2H3. The number of ether oxygens (including phenoxy) is 2. The highest BCUT2D eigenvalue weighted by atomic mass is 19.1. The van der Waals surface area contributed by atoms with Crippen LogP contribution in [0, 0.1) is 30.1 Å². The Morgan fingerprint density at radius 3 is 2.83 bits per heavy atom. The van der Waals surface area contributed by atoms with E-state index in [-0.39, 0.29) is 6.61 Å². The zero-order valence-corrected chi connectivity index (χ0v) is 22.4. The predicted molar refractivity (Wildman–Crippen MR) is 143 cm³/mol. The molecule has 1 fully saturated rings. The maximum absolute atomic E-state index is 13.5. The molecule has 4 aromatic heterocycles. The van der Waals surface area contributed by atoms with E-state index >= 15 is 0 Å². The van der Waals surface area contributed by atoms with Crippen molar-refractivity contribution in [2.75, 3.05) is 26.8 Å². The molecule has 5 heterocycles. The van der Waals surface area contributed by atoms with Crippen molar-refractivity contribution in [2.45, 2.75) is 45.0 Å². The highest BCUT2D eigenvalue weighted by molar-refractivity contribution is 5.75. The Balaban J connectivity index is 1.29. The molecule has 12 heteroatoms. The van der Waals surface area contributed by atoms with Crippen molar-refractivity contribution < 1.29 is 19.0 Å². The first-order chi connectivity index (χ1) is 19.5. The molecule has 2 N–H and O–H groups in total. The summed E-state index contributed by atoms with van der Waals surface area (Å²) in [6.07, 6.45) is 7.90. The van der Waals surface area contributed by atoms with E-state index in [0.29, 0.717) is 34.7 Å². The van der Waals surface area contributed by atoms with E-state index in [0.717, 1.165) is 62.0 Å². The van der Waals surface area contributed by atoms with Crippen LogP contribution in [0.2, 0.25) is 0 Å². The topological polar surface area (TPSA) is 126 Å². The second-order valence-corrected chi connectivity index (χ2v) is 10.5. The molecule has 0 radical (unpaired) electrons. The zero-order chi connectivity index (χ0) is 27.8. The number of fused-ring (bicyclic) bond motifs is 2. The lowest BCUT2D eigenvalue weighted by Crippen LogP contribution is -2.45. The van der Waals surface area contributed by atoms with Crippen LogP contribution in [0.1, 0.15) is 35.9 Å². The van der Waals surface area contributed by atoms with Gasteiger partial charge >= 0.3 is 0 Å². The first kappa shape index (κ1) is 26.0. The largest absolute Gasteiger partial charge is 0.493 e. The quantitative estimate of drug-likeness (QED) is 0.241. The van der Waals surface area contributed by atoms with Gasteiger partial charge in [-0.3, -0.25) is 14.6 Å². The lowest BCUT2D eigenvalue weighted by Gasteiger charge is -2.39. The van der Waals surface area contributed by atoms with Crippen molar-refractivity contribution in [3.63, 3.8) is 0 Å². The smallest absolute Gasteiger partial charge is 0.176 e. The second-order valence-electron chi connectivity index (χ2n) is 10.5. The van der Waals surface area contributed by atoms with Crippen LogP contribution in [-0.4, -0.2) is 67.2 Å². The molecule has 0 spiro atoms. The molecule has 4 aromatic rings. The van der Waals surface area contributed by atoms with Crippen LogP contribution < -0.4 is 14.8 Å². The average molecular weight is 547 g/mol. The molecule has 0 saturated heterocycles. The van der Waals surface area contributed by atoms with E-state index in [1.165, 1.54) is 17.8 Å². The molecule has 11 nitrogen and oxygen atoms in total. The fourth-order valence-corrected chi connectivity index (χ4v) is 5.74. The first-order valence-corrected chi connectivity index (χ1v) is 13.3. The van der Waals surface area contributed by atoms with Gasteiger partial charge in [0.2, 0.25) is 0 Å². The van der Waals surface area contributed by atoms with Gasteiger partial charge in [-0.2, -0.15) is 15.5 Å². The highest BCUT2D eigenvalue weighted by Crippen LogP contribution is 2.37. The Kier molecular flexibility index (Phi) is 7.00. The van der Waals surface area contributed by atoms with Gasteiger partial charge in [0.05, 0.1) is 49.7 Å². The van der Waals surface area contributed by atoms with E-state index in [4.69, 9.17) is 19.8 Å². The maximum atomic E-state index is 13.5. The average Bonchev–Trinajstić information content (AvgIpc) is 3.51. The summed E-state index contributed by atoms with van der Waals surface area (Å²) in [4.78, 5) is 6.56. The van der Waals surface area contributed by atoms with Gasteiger partial charge < -0.3 is 19.9 Å². The van der Waals surface area contributed by atoms with Gasteiger partial charge in [0, 0.05) is 37.4 Å². The number of aliphatic hydroxyl groups excluding tert-OH is 1. The third-order valence-electron chi connectivity index (χ3n) is 7.89. The minimum absolute atomic E-state index is 0.315. The van der Waals surface area contributed by atoms with Gasteiger partial charge in [-0.1, -0.05) is 0 Å². The molecule has 0 aromatic carbocycles. The fourth-order valence-electron chi connectivity index (χ4n) is 5.74. The van der Waals surface area contributed by atoms with E-state index < -0.39 is 11.9 Å². The zero-order valence-electron chi connectivity index (χ0n) is 22.4. The molecule has 1 aliphatic carbocycles. The minimum atomic E-state index is -0.821. The molecule has 2 aliphatic rings. The first-order valence-electron chi connectivity index (χ1n) is 13.3. The Bertz CT molecular complexity index is 1550. The SMILES string of the molecule is COc1cnn2cc(-c3nn4c(c3C)CN(CC3CC(NC#N)C3)CC4)cc(OC(CO)c3ccc(F)cn3)c12. The lowest BCUT2D eigenvalue weighted by atomic mass is 9.80. The molecule has 1 unspecified atom stereocenters. The number of nitriles is 1. The number of nitrogens with one attached hydrogen (secondary N) is 1. The summed E-state index contributed by atoms with van der Waals surface area (Å²) >= 11 is 0. The third-order valence-corrected chi connectivity index (χ3v) is 7.89. The number of halogens is 1. The number of hydrogen-bond donors (Lipinski definition) is 2. The van der Waals surface area contributed by atoms with Crippen molar-refractivity contribution in [1.82, 2.24) is 34.6 Å². The van der Waals surface area contributed by atoms with Gasteiger partial charge in [-0.15, -0.1) is 0 Å². The van der Waals surface area contributed by atoms with E-state index in [2.05, 4.69) is 31.9 Å². The molecule has 0 bridgehead atoms. The molecular formula is C28H31FN8O3. The van der Waals surface area contributed by atoms with Crippen LogP contribution in [0.5, 0.6) is 11.5 Å². The Morgan fingerprint density at radius 1 is 1.25 bits per heavy atom. The summed E-state index contributed by atoms with van der Waals surface area (Å²) < 4.78 is 29.0. The van der Waals surface area contributed by atoms with Crippen LogP contribution >= 0.6 is 0 Å². The van der Waals surface area contributed by atoms with Gasteiger partial charge in [0.25, 0.3) is 0 Å². The van der Waals surface area contributed by atoms with Gasteiger partial charge in [-0.25, -0.2) is 8.91 Å².